The van der Waals surface area contributed by atoms with E-state index in [0.29, 0.717) is 5.56 Å². The fraction of sp³-hybridized carbons (Fsp3) is 0.300. The van der Waals surface area contributed by atoms with Crippen LogP contribution in [-0.4, -0.2) is 42.3 Å². The van der Waals surface area contributed by atoms with E-state index in [-0.39, 0.29) is 34.7 Å². The first-order valence-corrected chi connectivity index (χ1v) is 11.8. The quantitative estimate of drug-likeness (QED) is 0.802. The number of hydrogen-bond donors (Lipinski definition) is 2. The molecule has 0 radical (unpaired) electrons. The second kappa shape index (κ2) is 7.60. The Labute approximate surface area is 168 Å². The van der Waals surface area contributed by atoms with Crippen LogP contribution in [0.15, 0.2) is 59.6 Å². The molecule has 2 N–H and O–H groups in total. The average Bonchev–Trinajstić information content (AvgIpc) is 3.15. The number of fused-ring (bicyclic) bond motifs is 1. The monoisotopic (exact) mass is 415 g/mol. The molecule has 1 amide bonds. The van der Waals surface area contributed by atoms with Gasteiger partial charge in [0.1, 0.15) is 0 Å². The van der Waals surface area contributed by atoms with Crippen molar-refractivity contribution < 1.29 is 13.2 Å². The van der Waals surface area contributed by atoms with Crippen molar-refractivity contribution in [3.63, 3.8) is 0 Å². The van der Waals surface area contributed by atoms with Crippen LogP contribution in [-0.2, 0) is 9.84 Å². The molecule has 1 saturated heterocycles. The summed E-state index contributed by atoms with van der Waals surface area (Å²) in [7, 11) is -2.95. The molecule has 6 nitrogen and oxygen atoms in total. The van der Waals surface area contributed by atoms with Gasteiger partial charge in [-0.25, -0.2) is 8.42 Å². The van der Waals surface area contributed by atoms with Crippen molar-refractivity contribution in [2.45, 2.75) is 24.3 Å². The van der Waals surface area contributed by atoms with Crippen molar-refractivity contribution in [1.82, 2.24) is 5.32 Å². The van der Waals surface area contributed by atoms with Crippen LogP contribution in [0.2, 0.25) is 0 Å². The van der Waals surface area contributed by atoms with Crippen LogP contribution < -0.4 is 10.6 Å². The summed E-state index contributed by atoms with van der Waals surface area (Å²) < 4.78 is 23.3. The molecule has 146 valence electrons. The lowest BCUT2D eigenvalue weighted by molar-refractivity contribution is 0.0940. The van der Waals surface area contributed by atoms with Crippen LogP contribution in [0.5, 0.6) is 0 Å². The number of nitrogens with zero attached hydrogens (tertiary/aromatic N) is 1. The summed E-state index contributed by atoms with van der Waals surface area (Å²) in [5.74, 6) is 0.194. The maximum Gasteiger partial charge on any atom is 0.251 e. The number of aliphatic imine (C=N–C) groups is 1. The van der Waals surface area contributed by atoms with E-state index in [2.05, 4.69) is 15.6 Å². The Morgan fingerprint density at radius 3 is 2.50 bits per heavy atom. The van der Waals surface area contributed by atoms with E-state index in [9.17, 15) is 13.2 Å². The highest BCUT2D eigenvalue weighted by Crippen LogP contribution is 2.34. The second-order valence-electron chi connectivity index (χ2n) is 7.04. The summed E-state index contributed by atoms with van der Waals surface area (Å²) in [5.41, 5.74) is 2.46. The zero-order valence-electron chi connectivity index (χ0n) is 15.3. The fourth-order valence-electron chi connectivity index (χ4n) is 3.35. The summed E-state index contributed by atoms with van der Waals surface area (Å²) in [6.07, 6.45) is 0. The third kappa shape index (κ3) is 4.23. The molecule has 2 aromatic carbocycles. The first kappa shape index (κ1) is 19.0. The van der Waals surface area contributed by atoms with Gasteiger partial charge in [0.05, 0.1) is 23.6 Å². The summed E-state index contributed by atoms with van der Waals surface area (Å²) >= 11 is 1.48. The average molecular weight is 416 g/mol. The number of carbonyl (C=O) groups is 1. The Morgan fingerprint density at radius 2 is 1.82 bits per heavy atom. The summed E-state index contributed by atoms with van der Waals surface area (Å²) in [5, 5.41) is 6.96. The van der Waals surface area contributed by atoms with Crippen molar-refractivity contribution in [3.8, 4) is 0 Å². The lowest BCUT2D eigenvalue weighted by Gasteiger charge is -2.14. The third-order valence-electron chi connectivity index (χ3n) is 4.86. The number of anilines is 1. The van der Waals surface area contributed by atoms with Crippen LogP contribution in [0.3, 0.4) is 0 Å². The zero-order chi connectivity index (χ0) is 19.7. The van der Waals surface area contributed by atoms with Gasteiger partial charge in [-0.1, -0.05) is 42.1 Å². The Kier molecular flexibility index (Phi) is 5.16. The number of benzene rings is 2. The van der Waals surface area contributed by atoms with Crippen LogP contribution in [0.1, 0.15) is 28.9 Å². The molecule has 8 heteroatoms. The zero-order valence-corrected chi connectivity index (χ0v) is 17.0. The number of sulfone groups is 1. The number of amidine groups is 1. The van der Waals surface area contributed by atoms with E-state index < -0.39 is 9.84 Å². The van der Waals surface area contributed by atoms with Gasteiger partial charge in [-0.3, -0.25) is 9.79 Å². The highest BCUT2D eigenvalue weighted by molar-refractivity contribution is 8.15. The largest absolute Gasteiger partial charge is 0.346 e. The standard InChI is InChI=1S/C20H21N3O3S2/c1-13(14-5-3-2-4-6-14)21-19(24)15-7-9-16(10-8-15)22-20-23-17-11-28(25,26)12-18(17)27-20/h2-10,13,17-18H,11-12H2,1H3,(H,21,24)(H,22,23)/t13-,17+,18-/m0/s1. The third-order valence-corrected chi connectivity index (χ3v) is 8.01. The maximum absolute atomic E-state index is 12.5. The van der Waals surface area contributed by atoms with E-state index in [1.54, 1.807) is 12.1 Å². The van der Waals surface area contributed by atoms with Gasteiger partial charge in [0, 0.05) is 16.5 Å². The van der Waals surface area contributed by atoms with E-state index in [4.69, 9.17) is 0 Å². The van der Waals surface area contributed by atoms with E-state index >= 15 is 0 Å². The second-order valence-corrected chi connectivity index (χ2v) is 10.4. The van der Waals surface area contributed by atoms with E-state index in [1.165, 1.54) is 11.8 Å². The van der Waals surface area contributed by atoms with Crippen molar-refractivity contribution in [2.24, 2.45) is 4.99 Å². The smallest absolute Gasteiger partial charge is 0.251 e. The van der Waals surface area contributed by atoms with E-state index in [1.807, 2.05) is 49.4 Å². The molecule has 2 aliphatic rings. The summed E-state index contributed by atoms with van der Waals surface area (Å²) in [6.45, 7) is 1.95. The molecule has 0 aliphatic carbocycles. The summed E-state index contributed by atoms with van der Waals surface area (Å²) in [4.78, 5) is 16.9. The van der Waals surface area contributed by atoms with Gasteiger partial charge in [-0.05, 0) is 36.8 Å². The molecule has 1 fully saturated rings. The Balaban J connectivity index is 1.36. The molecule has 0 unspecified atom stereocenters. The number of amides is 1. The highest BCUT2D eigenvalue weighted by atomic mass is 32.2. The number of carbonyl (C=O) groups excluding carboxylic acids is 1. The van der Waals surface area contributed by atoms with E-state index in [0.717, 1.165) is 16.4 Å². The number of hydrogen-bond acceptors (Lipinski definition) is 6. The first-order chi connectivity index (χ1) is 13.4. The Bertz CT molecular complexity index is 1000. The molecule has 0 bridgehead atoms. The predicted molar refractivity (Wildman–Crippen MR) is 114 cm³/mol. The molecule has 2 heterocycles. The first-order valence-electron chi connectivity index (χ1n) is 9.07. The Hall–Kier alpha value is -2.32. The predicted octanol–water partition coefficient (Wildman–Crippen LogP) is 2.86. The Morgan fingerprint density at radius 1 is 1.11 bits per heavy atom. The highest BCUT2D eigenvalue weighted by Gasteiger charge is 2.42. The minimum Gasteiger partial charge on any atom is -0.346 e. The van der Waals surface area contributed by atoms with Gasteiger partial charge in [-0.15, -0.1) is 0 Å². The molecule has 0 aromatic heterocycles. The van der Waals surface area contributed by atoms with Crippen LogP contribution in [0.25, 0.3) is 0 Å². The van der Waals surface area contributed by atoms with Crippen molar-refractivity contribution in [3.05, 3.63) is 65.7 Å². The van der Waals surface area contributed by atoms with Crippen LogP contribution >= 0.6 is 11.8 Å². The molecule has 2 aromatic rings. The molecule has 0 spiro atoms. The molecular formula is C20H21N3O3S2. The number of nitrogens with one attached hydrogen (secondary N) is 2. The molecule has 0 saturated carbocycles. The molecule has 2 aliphatic heterocycles. The fourth-order valence-corrected chi connectivity index (χ4v) is 7.03. The lowest BCUT2D eigenvalue weighted by Crippen LogP contribution is -2.26. The van der Waals surface area contributed by atoms with Crippen molar-refractivity contribution in [2.75, 3.05) is 16.8 Å². The van der Waals surface area contributed by atoms with Gasteiger partial charge < -0.3 is 10.6 Å². The SMILES string of the molecule is C[C@H](NC(=O)c1ccc(NC2=N[C@@H]3CS(=O)(=O)C[C@@H]3S2)cc1)c1ccccc1. The van der Waals surface area contributed by atoms with Gasteiger partial charge >= 0.3 is 0 Å². The van der Waals surface area contributed by atoms with Crippen molar-refractivity contribution >= 4 is 38.4 Å². The van der Waals surface area contributed by atoms with Crippen LogP contribution in [0.4, 0.5) is 5.69 Å². The topological polar surface area (TPSA) is 87.6 Å². The molecular weight excluding hydrogens is 394 g/mol. The normalized spacial score (nSPS) is 23.5. The number of thioether (sulfide) groups is 1. The summed E-state index contributed by atoms with van der Waals surface area (Å²) in [6, 6.07) is 16.8. The maximum atomic E-state index is 12.5. The van der Waals surface area contributed by atoms with Gasteiger partial charge in [0.2, 0.25) is 0 Å². The van der Waals surface area contributed by atoms with Gasteiger partial charge in [0.15, 0.2) is 15.0 Å². The minimum absolute atomic E-state index is 0.0111. The molecule has 4 rings (SSSR count). The minimum atomic E-state index is -2.95. The lowest BCUT2D eigenvalue weighted by atomic mass is 10.1. The number of rotatable bonds is 4. The van der Waals surface area contributed by atoms with Crippen molar-refractivity contribution in [1.29, 1.82) is 0 Å². The van der Waals surface area contributed by atoms with Crippen LogP contribution in [0, 0.1) is 0 Å². The van der Waals surface area contributed by atoms with Gasteiger partial charge in [0.25, 0.3) is 5.91 Å². The van der Waals surface area contributed by atoms with Gasteiger partial charge in [-0.2, -0.15) is 0 Å². The molecule has 3 atom stereocenters. The molecule has 28 heavy (non-hydrogen) atoms.